The van der Waals surface area contributed by atoms with Gasteiger partial charge in [0.2, 0.25) is 5.91 Å². The summed E-state index contributed by atoms with van der Waals surface area (Å²) in [7, 11) is 0. The molecule has 0 aliphatic carbocycles. The van der Waals surface area contributed by atoms with Crippen molar-refractivity contribution in [2.45, 2.75) is 66.5 Å². The summed E-state index contributed by atoms with van der Waals surface area (Å²) in [5, 5.41) is 9.27. The smallest absolute Gasteiger partial charge is 0.221 e. The van der Waals surface area contributed by atoms with E-state index in [0.29, 0.717) is 25.4 Å². The Hall–Kier alpha value is -1.30. The van der Waals surface area contributed by atoms with Gasteiger partial charge in [-0.25, -0.2) is 0 Å². The number of aliphatic imine (C=N–C) groups is 1. The van der Waals surface area contributed by atoms with Gasteiger partial charge in [-0.1, -0.05) is 13.8 Å². The molecule has 0 spiro atoms. The van der Waals surface area contributed by atoms with Gasteiger partial charge in [-0.2, -0.15) is 0 Å². The third kappa shape index (κ3) is 11.9. The molecule has 1 unspecified atom stereocenters. The fourth-order valence-electron chi connectivity index (χ4n) is 2.16. The van der Waals surface area contributed by atoms with Gasteiger partial charge in [0.15, 0.2) is 5.96 Å². The van der Waals surface area contributed by atoms with E-state index < -0.39 is 0 Å². The van der Waals surface area contributed by atoms with Gasteiger partial charge in [0, 0.05) is 38.7 Å². The molecule has 6 heteroatoms. The van der Waals surface area contributed by atoms with E-state index in [1.54, 1.807) is 0 Å². The van der Waals surface area contributed by atoms with Crippen molar-refractivity contribution >= 4 is 11.9 Å². The summed E-state index contributed by atoms with van der Waals surface area (Å²) in [6, 6.07) is 0.177. The Morgan fingerprint density at radius 2 is 1.83 bits per heavy atom. The zero-order valence-electron chi connectivity index (χ0n) is 15.7. The van der Waals surface area contributed by atoms with Crippen molar-refractivity contribution in [3.8, 4) is 0 Å². The molecule has 0 aromatic carbocycles. The SMILES string of the molecule is CCNC(=NCCC(OCC)C(C)C)NCCC(=O)NC(C)C. The van der Waals surface area contributed by atoms with E-state index in [9.17, 15) is 4.79 Å². The normalized spacial score (nSPS) is 13.3. The van der Waals surface area contributed by atoms with Crippen molar-refractivity contribution in [3.05, 3.63) is 0 Å². The molecule has 0 heterocycles. The van der Waals surface area contributed by atoms with E-state index in [1.165, 1.54) is 0 Å². The number of carbonyl (C=O) groups is 1. The number of rotatable bonds is 11. The summed E-state index contributed by atoms with van der Waals surface area (Å²) in [4.78, 5) is 16.2. The maximum atomic E-state index is 11.6. The second-order valence-electron chi connectivity index (χ2n) is 6.19. The molecule has 0 aromatic heterocycles. The quantitative estimate of drug-likeness (QED) is 0.400. The molecule has 23 heavy (non-hydrogen) atoms. The first-order valence-corrected chi connectivity index (χ1v) is 8.83. The summed E-state index contributed by atoms with van der Waals surface area (Å²) in [6.07, 6.45) is 1.58. The molecule has 0 fully saturated rings. The molecule has 0 aromatic rings. The Labute approximate surface area is 141 Å². The highest BCUT2D eigenvalue weighted by Gasteiger charge is 2.12. The monoisotopic (exact) mass is 328 g/mol. The van der Waals surface area contributed by atoms with Crippen LogP contribution in [0.2, 0.25) is 0 Å². The van der Waals surface area contributed by atoms with Crippen LogP contribution in [0.3, 0.4) is 0 Å². The van der Waals surface area contributed by atoms with Gasteiger partial charge < -0.3 is 20.7 Å². The summed E-state index contributed by atoms with van der Waals surface area (Å²) in [5.74, 6) is 1.30. The Balaban J connectivity index is 4.24. The van der Waals surface area contributed by atoms with E-state index in [0.717, 1.165) is 25.5 Å². The molecule has 0 aliphatic rings. The van der Waals surface area contributed by atoms with E-state index >= 15 is 0 Å². The number of hydrogen-bond acceptors (Lipinski definition) is 3. The van der Waals surface area contributed by atoms with Crippen molar-refractivity contribution in [3.63, 3.8) is 0 Å². The lowest BCUT2D eigenvalue weighted by atomic mass is 10.0. The van der Waals surface area contributed by atoms with Crippen LogP contribution in [0.4, 0.5) is 0 Å². The Morgan fingerprint density at radius 3 is 2.35 bits per heavy atom. The highest BCUT2D eigenvalue weighted by Crippen LogP contribution is 2.10. The summed E-state index contributed by atoms with van der Waals surface area (Å²) >= 11 is 0. The van der Waals surface area contributed by atoms with Gasteiger partial charge >= 0.3 is 0 Å². The molecule has 0 bridgehead atoms. The third-order valence-corrected chi connectivity index (χ3v) is 3.25. The van der Waals surface area contributed by atoms with Gasteiger partial charge in [0.05, 0.1) is 6.10 Å². The molecular weight excluding hydrogens is 292 g/mol. The van der Waals surface area contributed by atoms with E-state index in [4.69, 9.17) is 4.74 Å². The largest absolute Gasteiger partial charge is 0.378 e. The molecule has 1 atom stereocenters. The fraction of sp³-hybridized carbons (Fsp3) is 0.882. The van der Waals surface area contributed by atoms with Crippen LogP contribution in [0.15, 0.2) is 4.99 Å². The Bertz CT molecular complexity index is 343. The predicted molar refractivity (Wildman–Crippen MR) is 96.7 cm³/mol. The zero-order valence-corrected chi connectivity index (χ0v) is 15.7. The molecule has 1 amide bonds. The van der Waals surface area contributed by atoms with Crippen molar-refractivity contribution in [1.82, 2.24) is 16.0 Å². The highest BCUT2D eigenvalue weighted by molar-refractivity contribution is 5.81. The Kier molecular flexibility index (Phi) is 12.4. The molecule has 136 valence electrons. The van der Waals surface area contributed by atoms with Crippen molar-refractivity contribution < 1.29 is 9.53 Å². The van der Waals surface area contributed by atoms with Crippen LogP contribution in [-0.2, 0) is 9.53 Å². The van der Waals surface area contributed by atoms with Crippen LogP contribution in [-0.4, -0.2) is 50.3 Å². The van der Waals surface area contributed by atoms with Gasteiger partial charge in [0.1, 0.15) is 0 Å². The maximum Gasteiger partial charge on any atom is 0.221 e. The number of nitrogens with zero attached hydrogens (tertiary/aromatic N) is 1. The van der Waals surface area contributed by atoms with E-state index in [2.05, 4.69) is 34.8 Å². The average molecular weight is 329 g/mol. The lowest BCUT2D eigenvalue weighted by Crippen LogP contribution is -2.40. The first-order chi connectivity index (χ1) is 10.9. The zero-order chi connectivity index (χ0) is 17.7. The van der Waals surface area contributed by atoms with Gasteiger partial charge in [-0.15, -0.1) is 0 Å². The average Bonchev–Trinajstić information content (AvgIpc) is 2.45. The van der Waals surface area contributed by atoms with Gasteiger partial charge in [-0.3, -0.25) is 9.79 Å². The number of guanidine groups is 1. The topological polar surface area (TPSA) is 74.8 Å². The minimum Gasteiger partial charge on any atom is -0.378 e. The molecule has 3 N–H and O–H groups in total. The molecule has 0 rings (SSSR count). The summed E-state index contributed by atoms with van der Waals surface area (Å²) < 4.78 is 5.73. The van der Waals surface area contributed by atoms with Gasteiger partial charge in [-0.05, 0) is 40.0 Å². The van der Waals surface area contributed by atoms with Crippen LogP contribution < -0.4 is 16.0 Å². The second-order valence-corrected chi connectivity index (χ2v) is 6.19. The highest BCUT2D eigenvalue weighted by atomic mass is 16.5. The minimum atomic E-state index is 0.0552. The number of ether oxygens (including phenoxy) is 1. The number of hydrogen-bond donors (Lipinski definition) is 3. The molecule has 0 saturated heterocycles. The lowest BCUT2D eigenvalue weighted by Gasteiger charge is -2.20. The number of nitrogens with one attached hydrogen (secondary N) is 3. The third-order valence-electron chi connectivity index (χ3n) is 3.25. The Morgan fingerprint density at radius 1 is 1.13 bits per heavy atom. The first-order valence-electron chi connectivity index (χ1n) is 8.83. The van der Waals surface area contributed by atoms with E-state index in [1.807, 2.05) is 27.7 Å². The molecule has 6 nitrogen and oxygen atoms in total. The van der Waals surface area contributed by atoms with Crippen molar-refractivity contribution in [2.24, 2.45) is 10.9 Å². The molecular formula is C17H36N4O2. The fourth-order valence-corrected chi connectivity index (χ4v) is 2.16. The minimum absolute atomic E-state index is 0.0552. The van der Waals surface area contributed by atoms with Crippen LogP contribution >= 0.6 is 0 Å². The standard InChI is InChI=1S/C17H36N4O2/c1-7-18-17(20-12-10-16(22)21-14(5)6)19-11-9-15(13(3)4)23-8-2/h13-15H,7-12H2,1-6H3,(H,21,22)(H2,18,19,20). The van der Waals surface area contributed by atoms with Crippen LogP contribution in [0.1, 0.15) is 54.4 Å². The number of carbonyl (C=O) groups excluding carboxylic acids is 1. The van der Waals surface area contributed by atoms with Crippen LogP contribution in [0.5, 0.6) is 0 Å². The summed E-state index contributed by atoms with van der Waals surface area (Å²) in [6.45, 7) is 15.1. The van der Waals surface area contributed by atoms with Crippen molar-refractivity contribution in [1.29, 1.82) is 0 Å². The van der Waals surface area contributed by atoms with Crippen LogP contribution in [0, 0.1) is 5.92 Å². The van der Waals surface area contributed by atoms with Gasteiger partial charge in [0.25, 0.3) is 0 Å². The number of amides is 1. The maximum absolute atomic E-state index is 11.6. The lowest BCUT2D eigenvalue weighted by molar-refractivity contribution is -0.121. The second kappa shape index (κ2) is 13.2. The van der Waals surface area contributed by atoms with Crippen molar-refractivity contribution in [2.75, 3.05) is 26.2 Å². The summed E-state index contributed by atoms with van der Waals surface area (Å²) in [5.41, 5.74) is 0. The molecule has 0 radical (unpaired) electrons. The molecule has 0 aliphatic heterocycles. The predicted octanol–water partition coefficient (Wildman–Crippen LogP) is 1.91. The molecule has 0 saturated carbocycles. The van der Waals surface area contributed by atoms with E-state index in [-0.39, 0.29) is 18.1 Å². The first kappa shape index (κ1) is 21.7. The van der Waals surface area contributed by atoms with Crippen LogP contribution in [0.25, 0.3) is 0 Å².